The lowest BCUT2D eigenvalue weighted by atomic mass is 10.2. The molecular weight excluding hydrogens is 396 g/mol. The first-order chi connectivity index (χ1) is 14.4. The number of rotatable bonds is 10. The zero-order valence-electron chi connectivity index (χ0n) is 15.8. The molecule has 158 valence electrons. The van der Waals surface area contributed by atoms with Crippen molar-refractivity contribution in [2.45, 2.75) is 0 Å². The van der Waals surface area contributed by atoms with Gasteiger partial charge in [0.05, 0.1) is 24.2 Å². The Labute approximate surface area is 171 Å². The third-order valence-corrected chi connectivity index (χ3v) is 3.68. The molecule has 2 aromatic rings. The summed E-state index contributed by atoms with van der Waals surface area (Å²) >= 11 is 0. The van der Waals surface area contributed by atoms with E-state index in [0.29, 0.717) is 11.5 Å². The molecule has 30 heavy (non-hydrogen) atoms. The Balaban J connectivity index is 1.63. The van der Waals surface area contributed by atoms with Crippen molar-refractivity contribution in [2.24, 2.45) is 0 Å². The van der Waals surface area contributed by atoms with E-state index in [-0.39, 0.29) is 37.4 Å². The van der Waals surface area contributed by atoms with Gasteiger partial charge >= 0.3 is 23.8 Å². The number of carboxylic acids is 2. The first-order valence-electron chi connectivity index (χ1n) is 8.85. The molecule has 0 aromatic heterocycles. The Morgan fingerprint density at radius 3 is 1.47 bits per heavy atom. The molecule has 0 aliphatic heterocycles. The molecule has 2 aromatic carbocycles. The van der Waals surface area contributed by atoms with Crippen LogP contribution in [0.2, 0.25) is 0 Å². The molecular formula is C20H20N2O8. The fourth-order valence-corrected chi connectivity index (χ4v) is 2.27. The van der Waals surface area contributed by atoms with E-state index in [1.54, 1.807) is 12.1 Å². The number of nitrogens with one attached hydrogen (secondary N) is 2. The Bertz CT molecular complexity index is 853. The van der Waals surface area contributed by atoms with Crippen LogP contribution in [0.5, 0.6) is 11.5 Å². The van der Waals surface area contributed by atoms with Gasteiger partial charge in [0.15, 0.2) is 0 Å². The number of ether oxygens (including phenoxy) is 2. The molecule has 10 nitrogen and oxygen atoms in total. The van der Waals surface area contributed by atoms with Gasteiger partial charge < -0.3 is 30.3 Å². The highest BCUT2D eigenvalue weighted by Gasteiger charge is 2.12. The van der Waals surface area contributed by atoms with Crippen molar-refractivity contribution in [1.82, 2.24) is 10.6 Å². The summed E-state index contributed by atoms with van der Waals surface area (Å²) in [6.07, 6.45) is 0. The van der Waals surface area contributed by atoms with Crippen LogP contribution in [0.1, 0.15) is 20.7 Å². The van der Waals surface area contributed by atoms with Gasteiger partial charge in [0.25, 0.3) is 0 Å². The van der Waals surface area contributed by atoms with Crippen molar-refractivity contribution in [2.75, 3.05) is 26.3 Å². The molecule has 0 saturated carbocycles. The van der Waals surface area contributed by atoms with Gasteiger partial charge in [0.1, 0.15) is 24.7 Å². The molecule has 0 radical (unpaired) electrons. The molecule has 10 heteroatoms. The number of amides is 2. The monoisotopic (exact) mass is 416 g/mol. The summed E-state index contributed by atoms with van der Waals surface area (Å²) in [7, 11) is 0. The molecule has 0 heterocycles. The van der Waals surface area contributed by atoms with Gasteiger partial charge in [0, 0.05) is 0 Å². The Hall–Kier alpha value is -4.08. The Morgan fingerprint density at radius 2 is 1.10 bits per heavy atom. The van der Waals surface area contributed by atoms with Gasteiger partial charge in [-0.3, -0.25) is 9.59 Å². The van der Waals surface area contributed by atoms with E-state index in [1.807, 2.05) is 0 Å². The van der Waals surface area contributed by atoms with Crippen molar-refractivity contribution >= 4 is 23.8 Å². The van der Waals surface area contributed by atoms with E-state index in [4.69, 9.17) is 19.7 Å². The number of hydrogen-bond acceptors (Lipinski definition) is 6. The van der Waals surface area contributed by atoms with E-state index in [1.165, 1.54) is 36.4 Å². The first kappa shape index (κ1) is 22.2. The van der Waals surface area contributed by atoms with E-state index in [0.717, 1.165) is 0 Å². The van der Waals surface area contributed by atoms with E-state index in [2.05, 4.69) is 10.6 Å². The second-order valence-corrected chi connectivity index (χ2v) is 5.87. The number of aromatic carboxylic acids is 2. The molecule has 4 N–H and O–H groups in total. The van der Waals surface area contributed by atoms with Gasteiger partial charge in [-0.1, -0.05) is 12.1 Å². The van der Waals surface area contributed by atoms with Crippen molar-refractivity contribution in [3.05, 3.63) is 59.7 Å². The largest absolute Gasteiger partial charge is 0.492 e. The normalized spacial score (nSPS) is 10.0. The zero-order chi connectivity index (χ0) is 21.9. The Kier molecular flexibility index (Phi) is 8.18. The molecule has 0 fully saturated rings. The van der Waals surface area contributed by atoms with Crippen LogP contribution in [0.25, 0.3) is 0 Å². The average molecular weight is 416 g/mol. The minimum Gasteiger partial charge on any atom is -0.492 e. The molecule has 0 unspecified atom stereocenters. The molecule has 0 spiro atoms. The summed E-state index contributed by atoms with van der Waals surface area (Å²) in [4.78, 5) is 45.2. The maximum absolute atomic E-state index is 11.7. The lowest BCUT2D eigenvalue weighted by molar-refractivity contribution is -0.139. The van der Waals surface area contributed by atoms with E-state index >= 15 is 0 Å². The maximum atomic E-state index is 11.7. The Morgan fingerprint density at radius 1 is 0.700 bits per heavy atom. The van der Waals surface area contributed by atoms with E-state index in [9.17, 15) is 19.2 Å². The zero-order valence-corrected chi connectivity index (χ0v) is 15.8. The number of carbonyl (C=O) groups excluding carboxylic acids is 2. The minimum absolute atomic E-state index is 0.0437. The summed E-state index contributed by atoms with van der Waals surface area (Å²) in [5.41, 5.74) is 0.153. The van der Waals surface area contributed by atoms with E-state index < -0.39 is 23.8 Å². The molecule has 0 aliphatic carbocycles. The fourth-order valence-electron chi connectivity index (χ4n) is 2.27. The summed E-state index contributed by atoms with van der Waals surface area (Å²) in [6, 6.07) is 11.8. The van der Waals surface area contributed by atoms with Crippen molar-refractivity contribution in [3.63, 3.8) is 0 Å². The summed E-state index contributed by atoms with van der Waals surface area (Å²) in [5.74, 6) is -3.21. The third-order valence-electron chi connectivity index (χ3n) is 3.68. The number of carboxylic acid groups (broad SMARTS) is 2. The van der Waals surface area contributed by atoms with Crippen LogP contribution < -0.4 is 20.1 Å². The van der Waals surface area contributed by atoms with Gasteiger partial charge in [-0.15, -0.1) is 0 Å². The molecule has 0 saturated heterocycles. The number of benzene rings is 2. The molecule has 0 atom stereocenters. The molecule has 2 amide bonds. The quantitative estimate of drug-likeness (QED) is 0.328. The number of carbonyl (C=O) groups is 4. The van der Waals surface area contributed by atoms with Crippen LogP contribution in [-0.4, -0.2) is 60.3 Å². The van der Waals surface area contributed by atoms with Crippen LogP contribution in [0, 0.1) is 0 Å². The minimum atomic E-state index is -1.08. The van der Waals surface area contributed by atoms with Crippen molar-refractivity contribution in [1.29, 1.82) is 0 Å². The summed E-state index contributed by atoms with van der Waals surface area (Å²) in [6.45, 7) is 0.181. The average Bonchev–Trinajstić information content (AvgIpc) is 2.74. The predicted molar refractivity (Wildman–Crippen MR) is 104 cm³/mol. The molecule has 0 bridgehead atoms. The van der Waals surface area contributed by atoms with Crippen LogP contribution >= 0.6 is 0 Å². The highest BCUT2D eigenvalue weighted by atomic mass is 16.5. The second-order valence-electron chi connectivity index (χ2n) is 5.87. The van der Waals surface area contributed by atoms with Gasteiger partial charge in [-0.25, -0.2) is 9.59 Å². The predicted octanol–water partition coefficient (Wildman–Crippen LogP) is 0.773. The smallest absolute Gasteiger partial charge is 0.335 e. The highest BCUT2D eigenvalue weighted by Crippen LogP contribution is 2.13. The summed E-state index contributed by atoms with van der Waals surface area (Å²) < 4.78 is 10.7. The SMILES string of the molecule is O=C(NCCOc1cccc(C(=O)O)c1)C(=O)NCCOc1cccc(C(=O)O)c1. The van der Waals surface area contributed by atoms with Crippen LogP contribution in [-0.2, 0) is 9.59 Å². The van der Waals surface area contributed by atoms with Crippen LogP contribution in [0.4, 0.5) is 0 Å². The topological polar surface area (TPSA) is 151 Å². The lowest BCUT2D eigenvalue weighted by Crippen LogP contribution is -2.42. The first-order valence-corrected chi connectivity index (χ1v) is 8.85. The third kappa shape index (κ3) is 7.15. The summed E-state index contributed by atoms with van der Waals surface area (Å²) in [5, 5.41) is 22.6. The van der Waals surface area contributed by atoms with Crippen molar-refractivity contribution < 1.29 is 38.9 Å². The molecule has 2 rings (SSSR count). The maximum Gasteiger partial charge on any atom is 0.335 e. The lowest BCUT2D eigenvalue weighted by Gasteiger charge is -2.09. The van der Waals surface area contributed by atoms with Gasteiger partial charge in [-0.2, -0.15) is 0 Å². The highest BCUT2D eigenvalue weighted by molar-refractivity contribution is 6.35. The van der Waals surface area contributed by atoms with Crippen LogP contribution in [0.3, 0.4) is 0 Å². The number of hydrogen-bond donors (Lipinski definition) is 4. The molecule has 0 aliphatic rings. The van der Waals surface area contributed by atoms with Crippen molar-refractivity contribution in [3.8, 4) is 11.5 Å². The van der Waals surface area contributed by atoms with Crippen LogP contribution in [0.15, 0.2) is 48.5 Å². The fraction of sp³-hybridized carbons (Fsp3) is 0.200. The second kappa shape index (κ2) is 11.1. The van der Waals surface area contributed by atoms with Gasteiger partial charge in [0.2, 0.25) is 0 Å². The van der Waals surface area contributed by atoms with Gasteiger partial charge in [-0.05, 0) is 36.4 Å². The standard InChI is InChI=1S/C20H20N2O8/c23-17(21-7-9-29-15-5-1-3-13(11-15)19(25)26)18(24)22-8-10-30-16-6-2-4-14(12-16)20(27)28/h1-6,11-12H,7-10H2,(H,21,23)(H,22,24)(H,25,26)(H,27,28).